The van der Waals surface area contributed by atoms with Crippen LogP contribution in [0.25, 0.3) is 0 Å². The topological polar surface area (TPSA) is 66.5 Å². The molecule has 1 N–H and O–H groups in total. The van der Waals surface area contributed by atoms with Crippen molar-refractivity contribution in [3.8, 4) is 0 Å². The number of amides is 1. The van der Waals surface area contributed by atoms with Crippen LogP contribution in [0.5, 0.6) is 0 Å². The Morgan fingerprint density at radius 2 is 1.62 bits per heavy atom. The standard InChI is InChI=1S/C22H26N2O3S.ClH/c25-22(24-11-9-19-14-23-15-20(19)10-12-24)18-6-4-5-17(13-18)16-28(26,27)21-7-2-1-3-8-21;/h1-8,13,19-20,23H,9-12,14-16H2;1H/t19-,20+;. The van der Waals surface area contributed by atoms with E-state index in [2.05, 4.69) is 5.32 Å². The minimum absolute atomic E-state index is 0. The molecule has 4 rings (SSSR count). The number of nitrogens with zero attached hydrogens (tertiary/aromatic N) is 1. The van der Waals surface area contributed by atoms with E-state index in [-0.39, 0.29) is 24.1 Å². The molecule has 0 unspecified atom stereocenters. The molecule has 5 nitrogen and oxygen atoms in total. The molecule has 2 aliphatic heterocycles. The Bertz CT molecular complexity index is 936. The first-order valence-electron chi connectivity index (χ1n) is 9.90. The van der Waals surface area contributed by atoms with E-state index in [1.807, 2.05) is 4.90 Å². The minimum atomic E-state index is -3.43. The van der Waals surface area contributed by atoms with Gasteiger partial charge < -0.3 is 10.2 Å². The first kappa shape index (κ1) is 21.8. The normalized spacial score (nSPS) is 21.7. The third kappa shape index (κ3) is 5.00. The summed E-state index contributed by atoms with van der Waals surface area (Å²) in [5, 5.41) is 3.45. The fourth-order valence-electron chi connectivity index (χ4n) is 4.33. The molecule has 0 radical (unpaired) electrons. The number of nitrogens with one attached hydrogen (secondary N) is 1. The van der Waals surface area contributed by atoms with E-state index in [1.165, 1.54) is 0 Å². The Morgan fingerprint density at radius 1 is 0.966 bits per heavy atom. The Kier molecular flexibility index (Phi) is 6.98. The number of hydrogen-bond acceptors (Lipinski definition) is 4. The summed E-state index contributed by atoms with van der Waals surface area (Å²) in [6.45, 7) is 3.65. The lowest BCUT2D eigenvalue weighted by Gasteiger charge is -2.21. The summed E-state index contributed by atoms with van der Waals surface area (Å²) < 4.78 is 25.3. The van der Waals surface area contributed by atoms with Crippen LogP contribution >= 0.6 is 12.4 Å². The molecule has 0 saturated carbocycles. The van der Waals surface area contributed by atoms with E-state index in [9.17, 15) is 13.2 Å². The quantitative estimate of drug-likeness (QED) is 0.802. The van der Waals surface area contributed by atoms with Gasteiger partial charge in [-0.25, -0.2) is 8.42 Å². The average Bonchev–Trinajstić information content (AvgIpc) is 3.06. The van der Waals surface area contributed by atoms with Gasteiger partial charge in [0.05, 0.1) is 10.6 Å². The Labute approximate surface area is 178 Å². The highest BCUT2D eigenvalue weighted by atomic mass is 35.5. The van der Waals surface area contributed by atoms with E-state index >= 15 is 0 Å². The van der Waals surface area contributed by atoms with Crippen molar-refractivity contribution in [1.29, 1.82) is 0 Å². The van der Waals surface area contributed by atoms with Gasteiger partial charge >= 0.3 is 0 Å². The van der Waals surface area contributed by atoms with Gasteiger partial charge in [0.2, 0.25) is 0 Å². The largest absolute Gasteiger partial charge is 0.339 e. The molecule has 2 aromatic rings. The van der Waals surface area contributed by atoms with Crippen LogP contribution in [-0.4, -0.2) is 45.4 Å². The van der Waals surface area contributed by atoms with Gasteiger partial charge in [0.25, 0.3) is 5.91 Å². The molecule has 7 heteroatoms. The fraction of sp³-hybridized carbons (Fsp3) is 0.409. The Balaban J connectivity index is 0.00000240. The van der Waals surface area contributed by atoms with Crippen LogP contribution in [0.3, 0.4) is 0 Å². The van der Waals surface area contributed by atoms with Crippen LogP contribution in [0, 0.1) is 11.8 Å². The number of hydrogen-bond donors (Lipinski definition) is 1. The summed E-state index contributed by atoms with van der Waals surface area (Å²) in [4.78, 5) is 15.3. The van der Waals surface area contributed by atoms with Gasteiger partial charge in [-0.2, -0.15) is 0 Å². The van der Waals surface area contributed by atoms with Crippen molar-refractivity contribution in [2.45, 2.75) is 23.5 Å². The second-order valence-corrected chi connectivity index (χ2v) is 9.81. The molecule has 2 aromatic carbocycles. The predicted molar refractivity (Wildman–Crippen MR) is 116 cm³/mol. The van der Waals surface area contributed by atoms with Crippen LogP contribution in [0.4, 0.5) is 0 Å². The highest BCUT2D eigenvalue weighted by molar-refractivity contribution is 7.90. The van der Waals surface area contributed by atoms with Crippen molar-refractivity contribution in [2.24, 2.45) is 11.8 Å². The first-order chi connectivity index (χ1) is 13.5. The molecule has 2 aliphatic rings. The molecule has 0 bridgehead atoms. The van der Waals surface area contributed by atoms with Crippen molar-refractivity contribution >= 4 is 28.2 Å². The van der Waals surface area contributed by atoms with Crippen molar-refractivity contribution in [1.82, 2.24) is 10.2 Å². The highest BCUT2D eigenvalue weighted by Gasteiger charge is 2.31. The number of carbonyl (C=O) groups is 1. The van der Waals surface area contributed by atoms with Crippen LogP contribution < -0.4 is 5.32 Å². The van der Waals surface area contributed by atoms with Gasteiger partial charge in [0.15, 0.2) is 9.84 Å². The number of sulfone groups is 1. The fourth-order valence-corrected chi connectivity index (χ4v) is 5.69. The zero-order valence-electron chi connectivity index (χ0n) is 16.3. The van der Waals surface area contributed by atoms with Crippen molar-refractivity contribution < 1.29 is 13.2 Å². The third-order valence-corrected chi connectivity index (χ3v) is 7.64. The summed E-state index contributed by atoms with van der Waals surface area (Å²) in [6.07, 6.45) is 2.07. The van der Waals surface area contributed by atoms with Gasteiger partial charge in [0, 0.05) is 18.7 Å². The minimum Gasteiger partial charge on any atom is -0.339 e. The van der Waals surface area contributed by atoms with Crippen molar-refractivity contribution in [3.63, 3.8) is 0 Å². The molecular weight excluding hydrogens is 408 g/mol. The summed E-state index contributed by atoms with van der Waals surface area (Å²) in [7, 11) is -3.43. The molecule has 2 fully saturated rings. The molecule has 2 saturated heterocycles. The number of benzene rings is 2. The van der Waals surface area contributed by atoms with Gasteiger partial charge in [0.1, 0.15) is 0 Å². The summed E-state index contributed by atoms with van der Waals surface area (Å²) in [5.74, 6) is 1.24. The molecule has 1 amide bonds. The maximum absolute atomic E-state index is 13.0. The monoisotopic (exact) mass is 434 g/mol. The van der Waals surface area contributed by atoms with Crippen molar-refractivity contribution in [3.05, 3.63) is 65.7 Å². The van der Waals surface area contributed by atoms with E-state index in [0.717, 1.165) is 39.0 Å². The lowest BCUT2D eigenvalue weighted by atomic mass is 9.92. The SMILES string of the molecule is Cl.O=C(c1cccc(CS(=O)(=O)c2ccccc2)c1)N1CC[C@@H]2CNC[C@@H]2CC1. The molecule has 0 aliphatic carbocycles. The van der Waals surface area contributed by atoms with E-state index in [0.29, 0.717) is 27.9 Å². The average molecular weight is 435 g/mol. The summed E-state index contributed by atoms with van der Waals surface area (Å²) in [5.41, 5.74) is 1.22. The number of fused-ring (bicyclic) bond motifs is 1. The molecular formula is C22H27ClN2O3S. The Hall–Kier alpha value is -1.89. The predicted octanol–water partition coefficient (Wildman–Crippen LogP) is 3.15. The molecule has 2 heterocycles. The maximum atomic E-state index is 13.0. The molecule has 0 spiro atoms. The summed E-state index contributed by atoms with van der Waals surface area (Å²) >= 11 is 0. The second-order valence-electron chi connectivity index (χ2n) is 7.82. The Morgan fingerprint density at radius 3 is 2.28 bits per heavy atom. The number of carbonyl (C=O) groups excluding carboxylic acids is 1. The lowest BCUT2D eigenvalue weighted by Crippen LogP contribution is -2.32. The van der Waals surface area contributed by atoms with Crippen LogP contribution in [0.1, 0.15) is 28.8 Å². The zero-order chi connectivity index (χ0) is 19.6. The van der Waals surface area contributed by atoms with E-state index < -0.39 is 9.84 Å². The molecule has 2 atom stereocenters. The molecule has 156 valence electrons. The zero-order valence-corrected chi connectivity index (χ0v) is 17.9. The number of likely N-dealkylation sites (tertiary alicyclic amines) is 1. The third-order valence-electron chi connectivity index (χ3n) is 5.94. The first-order valence-corrected chi connectivity index (χ1v) is 11.5. The van der Waals surface area contributed by atoms with Crippen LogP contribution in [0.2, 0.25) is 0 Å². The smallest absolute Gasteiger partial charge is 0.253 e. The van der Waals surface area contributed by atoms with Gasteiger partial charge in [-0.3, -0.25) is 4.79 Å². The van der Waals surface area contributed by atoms with Gasteiger partial charge in [-0.05, 0) is 67.6 Å². The number of rotatable bonds is 4. The highest BCUT2D eigenvalue weighted by Crippen LogP contribution is 2.28. The van der Waals surface area contributed by atoms with E-state index in [1.54, 1.807) is 54.6 Å². The van der Waals surface area contributed by atoms with E-state index in [4.69, 9.17) is 0 Å². The van der Waals surface area contributed by atoms with Crippen LogP contribution in [0.15, 0.2) is 59.5 Å². The van der Waals surface area contributed by atoms with Crippen molar-refractivity contribution in [2.75, 3.05) is 26.2 Å². The molecule has 29 heavy (non-hydrogen) atoms. The lowest BCUT2D eigenvalue weighted by molar-refractivity contribution is 0.0758. The van der Waals surface area contributed by atoms with Crippen LogP contribution in [-0.2, 0) is 15.6 Å². The maximum Gasteiger partial charge on any atom is 0.253 e. The number of halogens is 1. The molecule has 0 aromatic heterocycles. The summed E-state index contributed by atoms with van der Waals surface area (Å²) in [6, 6.07) is 15.5. The van der Waals surface area contributed by atoms with Gasteiger partial charge in [-0.1, -0.05) is 30.3 Å². The van der Waals surface area contributed by atoms with Gasteiger partial charge in [-0.15, -0.1) is 12.4 Å². The second kappa shape index (κ2) is 9.28.